The molecule has 31 heavy (non-hydrogen) atoms. The number of hydrogen-bond donors (Lipinski definition) is 1. The van der Waals surface area contributed by atoms with Gasteiger partial charge in [0.05, 0.1) is 18.4 Å². The Labute approximate surface area is 178 Å². The first kappa shape index (κ1) is 19.4. The zero-order chi connectivity index (χ0) is 21.5. The molecule has 2 saturated heterocycles. The van der Waals surface area contributed by atoms with Gasteiger partial charge >= 0.3 is 0 Å². The molecule has 1 unspecified atom stereocenters. The van der Waals surface area contributed by atoms with Gasteiger partial charge in [0.25, 0.3) is 5.91 Å². The van der Waals surface area contributed by atoms with Gasteiger partial charge in [0.15, 0.2) is 0 Å². The molecule has 2 aromatic rings. The predicted octanol–water partition coefficient (Wildman–Crippen LogP) is 0.541. The average molecular weight is 422 g/mol. The zero-order valence-corrected chi connectivity index (χ0v) is 16.9. The third kappa shape index (κ3) is 3.58. The summed E-state index contributed by atoms with van der Waals surface area (Å²) in [4.78, 5) is 51.9. The summed E-state index contributed by atoms with van der Waals surface area (Å²) in [6.07, 6.45) is 4.82. The fourth-order valence-corrected chi connectivity index (χ4v) is 4.41. The van der Waals surface area contributed by atoms with Gasteiger partial charge < -0.3 is 9.80 Å². The summed E-state index contributed by atoms with van der Waals surface area (Å²) in [6, 6.07) is 4.81. The third-order valence-corrected chi connectivity index (χ3v) is 6.09. The Morgan fingerprint density at radius 2 is 1.97 bits per heavy atom. The number of piperidine rings is 2. The molecule has 10 heteroatoms. The molecule has 3 aliphatic rings. The standard InChI is InChI=1S/C21H22N6O4/c28-18-7-6-17(20(30)22-18)26-10-13-4-5-15(9-16(13)21(26)31)27-12-14(23-24-27)11-25-8-2-1-3-19(25)29/h4-5,9,12,17H,1-3,6-8,10-11H2,(H,22,28,30). The fourth-order valence-electron chi connectivity index (χ4n) is 4.41. The van der Waals surface area contributed by atoms with E-state index < -0.39 is 11.9 Å². The zero-order valence-electron chi connectivity index (χ0n) is 16.9. The van der Waals surface area contributed by atoms with Gasteiger partial charge in [0.1, 0.15) is 11.7 Å². The Balaban J connectivity index is 1.33. The van der Waals surface area contributed by atoms with Crippen molar-refractivity contribution >= 4 is 23.6 Å². The van der Waals surface area contributed by atoms with E-state index in [1.54, 1.807) is 21.8 Å². The van der Waals surface area contributed by atoms with E-state index in [2.05, 4.69) is 15.6 Å². The molecule has 5 rings (SSSR count). The van der Waals surface area contributed by atoms with Crippen LogP contribution in [0.15, 0.2) is 24.4 Å². The van der Waals surface area contributed by atoms with Crippen LogP contribution in [0.4, 0.5) is 0 Å². The minimum atomic E-state index is -0.638. The third-order valence-electron chi connectivity index (χ3n) is 6.09. The van der Waals surface area contributed by atoms with Gasteiger partial charge in [-0.05, 0) is 37.0 Å². The molecule has 3 aliphatic heterocycles. The number of amides is 4. The van der Waals surface area contributed by atoms with Crippen molar-refractivity contribution in [3.63, 3.8) is 0 Å². The van der Waals surface area contributed by atoms with E-state index in [4.69, 9.17) is 0 Å². The molecule has 1 aromatic carbocycles. The van der Waals surface area contributed by atoms with Crippen LogP contribution in [0.1, 0.15) is 53.7 Å². The first-order chi connectivity index (χ1) is 15.0. The number of carbonyl (C=O) groups is 4. The topological polar surface area (TPSA) is 118 Å². The van der Waals surface area contributed by atoms with Gasteiger partial charge in [0.2, 0.25) is 17.7 Å². The van der Waals surface area contributed by atoms with E-state index in [1.807, 2.05) is 12.1 Å². The highest BCUT2D eigenvalue weighted by Crippen LogP contribution is 2.29. The molecule has 4 amide bonds. The van der Waals surface area contributed by atoms with E-state index in [-0.39, 0.29) is 24.1 Å². The fraction of sp³-hybridized carbons (Fsp3) is 0.429. The summed E-state index contributed by atoms with van der Waals surface area (Å²) in [5.41, 5.74) is 2.72. The number of aromatic nitrogens is 3. The van der Waals surface area contributed by atoms with Gasteiger partial charge in [-0.25, -0.2) is 4.68 Å². The van der Waals surface area contributed by atoms with Crippen LogP contribution in [0, 0.1) is 0 Å². The highest BCUT2D eigenvalue weighted by molar-refractivity contribution is 6.05. The molecule has 160 valence electrons. The molecule has 0 aliphatic carbocycles. The second-order valence-corrected chi connectivity index (χ2v) is 8.17. The predicted molar refractivity (Wildman–Crippen MR) is 107 cm³/mol. The van der Waals surface area contributed by atoms with E-state index in [1.165, 1.54) is 4.90 Å². The Kier molecular flexibility index (Phi) is 4.76. The van der Waals surface area contributed by atoms with Crippen molar-refractivity contribution in [3.8, 4) is 5.69 Å². The van der Waals surface area contributed by atoms with Crippen molar-refractivity contribution in [2.75, 3.05) is 6.54 Å². The lowest BCUT2D eigenvalue weighted by molar-refractivity contribution is -0.137. The molecule has 0 spiro atoms. The van der Waals surface area contributed by atoms with Crippen LogP contribution >= 0.6 is 0 Å². The largest absolute Gasteiger partial charge is 0.337 e. The van der Waals surface area contributed by atoms with E-state index in [0.29, 0.717) is 42.9 Å². The first-order valence-electron chi connectivity index (χ1n) is 10.5. The van der Waals surface area contributed by atoms with Crippen LogP contribution in [-0.4, -0.2) is 61.0 Å². The lowest BCUT2D eigenvalue weighted by Gasteiger charge is -2.29. The summed E-state index contributed by atoms with van der Waals surface area (Å²) < 4.78 is 1.59. The van der Waals surface area contributed by atoms with Gasteiger partial charge in [-0.15, -0.1) is 5.10 Å². The van der Waals surface area contributed by atoms with Gasteiger partial charge in [-0.2, -0.15) is 0 Å². The summed E-state index contributed by atoms with van der Waals surface area (Å²) in [7, 11) is 0. The Morgan fingerprint density at radius 3 is 2.77 bits per heavy atom. The molecule has 2 fully saturated rings. The van der Waals surface area contributed by atoms with Crippen LogP contribution < -0.4 is 5.32 Å². The maximum atomic E-state index is 13.0. The minimum absolute atomic E-state index is 0.137. The number of benzene rings is 1. The minimum Gasteiger partial charge on any atom is -0.337 e. The summed E-state index contributed by atoms with van der Waals surface area (Å²) >= 11 is 0. The van der Waals surface area contributed by atoms with Gasteiger partial charge in [-0.3, -0.25) is 24.5 Å². The molecular weight excluding hydrogens is 400 g/mol. The number of nitrogens with zero attached hydrogens (tertiary/aromatic N) is 5. The molecule has 1 N–H and O–H groups in total. The maximum Gasteiger partial charge on any atom is 0.255 e. The lowest BCUT2D eigenvalue weighted by Crippen LogP contribution is -2.52. The molecule has 4 heterocycles. The Morgan fingerprint density at radius 1 is 1.10 bits per heavy atom. The number of imide groups is 1. The van der Waals surface area contributed by atoms with E-state index in [0.717, 1.165) is 24.9 Å². The van der Waals surface area contributed by atoms with Crippen molar-refractivity contribution in [1.82, 2.24) is 30.1 Å². The van der Waals surface area contributed by atoms with Crippen LogP contribution in [-0.2, 0) is 27.5 Å². The first-order valence-corrected chi connectivity index (χ1v) is 10.5. The van der Waals surface area contributed by atoms with Crippen molar-refractivity contribution in [1.29, 1.82) is 0 Å². The number of rotatable bonds is 4. The Bertz CT molecular complexity index is 1090. The second kappa shape index (κ2) is 7.60. The number of hydrogen-bond acceptors (Lipinski definition) is 6. The summed E-state index contributed by atoms with van der Waals surface area (Å²) in [5.74, 6) is -0.824. The van der Waals surface area contributed by atoms with Crippen molar-refractivity contribution in [2.24, 2.45) is 0 Å². The molecule has 1 atom stereocenters. The van der Waals surface area contributed by atoms with E-state index >= 15 is 0 Å². The van der Waals surface area contributed by atoms with Gasteiger partial charge in [0, 0.05) is 31.5 Å². The molecule has 10 nitrogen and oxygen atoms in total. The number of carbonyl (C=O) groups excluding carboxylic acids is 4. The normalized spacial score (nSPS) is 21.5. The Hall–Kier alpha value is -3.56. The molecule has 0 bridgehead atoms. The highest BCUT2D eigenvalue weighted by Gasteiger charge is 2.39. The number of likely N-dealkylation sites (tertiary alicyclic amines) is 1. The molecule has 1 aromatic heterocycles. The second-order valence-electron chi connectivity index (χ2n) is 8.17. The van der Waals surface area contributed by atoms with Crippen molar-refractivity contribution < 1.29 is 19.2 Å². The summed E-state index contributed by atoms with van der Waals surface area (Å²) in [6.45, 7) is 1.49. The summed E-state index contributed by atoms with van der Waals surface area (Å²) in [5, 5.41) is 10.6. The van der Waals surface area contributed by atoms with Crippen molar-refractivity contribution in [2.45, 2.75) is 51.2 Å². The molecule has 0 radical (unpaired) electrons. The van der Waals surface area contributed by atoms with Crippen molar-refractivity contribution in [3.05, 3.63) is 41.2 Å². The number of fused-ring (bicyclic) bond motifs is 1. The highest BCUT2D eigenvalue weighted by atomic mass is 16.2. The van der Waals surface area contributed by atoms with Crippen LogP contribution in [0.25, 0.3) is 5.69 Å². The van der Waals surface area contributed by atoms with E-state index in [9.17, 15) is 19.2 Å². The molecular formula is C21H22N6O4. The quantitative estimate of drug-likeness (QED) is 0.719. The lowest BCUT2D eigenvalue weighted by atomic mass is 10.0. The van der Waals surface area contributed by atoms with Gasteiger partial charge in [-0.1, -0.05) is 11.3 Å². The monoisotopic (exact) mass is 422 g/mol. The molecule has 0 saturated carbocycles. The average Bonchev–Trinajstić information content (AvgIpc) is 3.34. The van der Waals surface area contributed by atoms with Crippen LogP contribution in [0.5, 0.6) is 0 Å². The van der Waals surface area contributed by atoms with Crippen LogP contribution in [0.3, 0.4) is 0 Å². The maximum absolute atomic E-state index is 13.0. The number of nitrogens with one attached hydrogen (secondary N) is 1. The van der Waals surface area contributed by atoms with Crippen LogP contribution in [0.2, 0.25) is 0 Å². The smallest absolute Gasteiger partial charge is 0.255 e. The SMILES string of the molecule is O=C1CCC(N2Cc3ccc(-n4cc(CN5CCCCC5=O)nn4)cc3C2=O)C(=O)N1.